The summed E-state index contributed by atoms with van der Waals surface area (Å²) in [7, 11) is -3.41. The summed E-state index contributed by atoms with van der Waals surface area (Å²) in [6.07, 6.45) is 1.12. The van der Waals surface area contributed by atoms with Crippen molar-refractivity contribution in [2.45, 2.75) is 25.9 Å². The van der Waals surface area contributed by atoms with Crippen molar-refractivity contribution in [3.8, 4) is 0 Å². The zero-order valence-corrected chi connectivity index (χ0v) is 17.3. The Morgan fingerprint density at radius 2 is 1.87 bits per heavy atom. The molecule has 2 heterocycles. The molecule has 3 rings (SSSR count). The number of sulfone groups is 1. The summed E-state index contributed by atoms with van der Waals surface area (Å²) in [5.74, 6) is -3.42. The molecule has 10 nitrogen and oxygen atoms in total. The molecule has 0 saturated heterocycles. The summed E-state index contributed by atoms with van der Waals surface area (Å²) >= 11 is 0. The molecule has 11 heteroatoms. The smallest absolute Gasteiger partial charge is 0.326 e. The summed E-state index contributed by atoms with van der Waals surface area (Å²) < 4.78 is 28.4. The Hall–Kier alpha value is -3.47. The molecule has 2 aromatic rings. The molecule has 31 heavy (non-hydrogen) atoms. The van der Waals surface area contributed by atoms with Crippen LogP contribution >= 0.6 is 0 Å². The summed E-state index contributed by atoms with van der Waals surface area (Å²) in [5, 5.41) is 11.6. The van der Waals surface area contributed by atoms with Gasteiger partial charge in [0.1, 0.15) is 21.6 Å². The average Bonchev–Trinajstić information content (AvgIpc) is 3.33. The Balaban J connectivity index is 1.75. The molecule has 0 aliphatic carbocycles. The van der Waals surface area contributed by atoms with Crippen LogP contribution in [-0.2, 0) is 21.2 Å². The van der Waals surface area contributed by atoms with Crippen molar-refractivity contribution in [3.63, 3.8) is 0 Å². The van der Waals surface area contributed by atoms with Crippen LogP contribution in [0.2, 0.25) is 0 Å². The SMILES string of the molecule is CCS(=O)(=O)CCC(NC(=O)c1ccc2c(c1)C(=O)N(Cc1ccco1)C2=O)C(=O)O. The van der Waals surface area contributed by atoms with Crippen LogP contribution in [0.1, 0.15) is 50.2 Å². The highest BCUT2D eigenvalue weighted by Crippen LogP contribution is 2.26. The summed E-state index contributed by atoms with van der Waals surface area (Å²) in [5.41, 5.74) is 0.117. The molecule has 0 bridgehead atoms. The van der Waals surface area contributed by atoms with Gasteiger partial charge in [-0.3, -0.25) is 19.3 Å². The van der Waals surface area contributed by atoms with Crippen molar-refractivity contribution in [1.29, 1.82) is 0 Å². The minimum absolute atomic E-state index is 0.0182. The number of carboxylic acids is 1. The Labute approximate surface area is 177 Å². The van der Waals surface area contributed by atoms with Gasteiger partial charge in [0.2, 0.25) is 0 Å². The second-order valence-electron chi connectivity index (χ2n) is 6.93. The minimum Gasteiger partial charge on any atom is -0.480 e. The number of nitrogens with zero attached hydrogens (tertiary/aromatic N) is 1. The van der Waals surface area contributed by atoms with E-state index in [4.69, 9.17) is 4.42 Å². The number of carbonyl (C=O) groups excluding carboxylic acids is 3. The van der Waals surface area contributed by atoms with Crippen LogP contribution in [0.25, 0.3) is 0 Å². The van der Waals surface area contributed by atoms with Gasteiger partial charge in [-0.15, -0.1) is 0 Å². The predicted molar refractivity (Wildman–Crippen MR) is 107 cm³/mol. The summed E-state index contributed by atoms with van der Waals surface area (Å²) in [6.45, 7) is 1.38. The van der Waals surface area contributed by atoms with Crippen molar-refractivity contribution in [3.05, 3.63) is 59.0 Å². The van der Waals surface area contributed by atoms with E-state index in [2.05, 4.69) is 5.32 Å². The molecule has 0 spiro atoms. The minimum atomic E-state index is -3.41. The van der Waals surface area contributed by atoms with E-state index in [9.17, 15) is 32.7 Å². The van der Waals surface area contributed by atoms with Crippen LogP contribution < -0.4 is 5.32 Å². The maximum atomic E-state index is 12.7. The lowest BCUT2D eigenvalue weighted by Crippen LogP contribution is -2.42. The van der Waals surface area contributed by atoms with Crippen LogP contribution in [0.5, 0.6) is 0 Å². The zero-order valence-electron chi connectivity index (χ0n) is 16.5. The summed E-state index contributed by atoms with van der Waals surface area (Å²) in [4.78, 5) is 50.1. The number of aliphatic carboxylic acids is 1. The van der Waals surface area contributed by atoms with Gasteiger partial charge in [0.25, 0.3) is 17.7 Å². The van der Waals surface area contributed by atoms with Crippen molar-refractivity contribution in [2.24, 2.45) is 0 Å². The Bertz CT molecular complexity index is 1140. The van der Waals surface area contributed by atoms with Crippen molar-refractivity contribution in [2.75, 3.05) is 11.5 Å². The third-order valence-corrected chi connectivity index (χ3v) is 6.63. The fourth-order valence-electron chi connectivity index (χ4n) is 3.07. The normalized spacial score (nSPS) is 14.4. The number of imide groups is 1. The van der Waals surface area contributed by atoms with Crippen molar-refractivity contribution >= 4 is 33.5 Å². The largest absolute Gasteiger partial charge is 0.480 e. The third-order valence-electron chi connectivity index (χ3n) is 4.89. The first-order chi connectivity index (χ1) is 14.6. The highest BCUT2D eigenvalue weighted by atomic mass is 32.2. The first-order valence-corrected chi connectivity index (χ1v) is 11.2. The van der Waals surface area contributed by atoms with Gasteiger partial charge in [0, 0.05) is 11.3 Å². The van der Waals surface area contributed by atoms with Crippen LogP contribution in [0, 0.1) is 0 Å². The first kappa shape index (κ1) is 22.2. The predicted octanol–water partition coefficient (Wildman–Crippen LogP) is 1.08. The second-order valence-corrected chi connectivity index (χ2v) is 9.40. The maximum Gasteiger partial charge on any atom is 0.326 e. The lowest BCUT2D eigenvalue weighted by Gasteiger charge is -2.14. The molecule has 164 valence electrons. The number of carboxylic acid groups (broad SMARTS) is 1. The highest BCUT2D eigenvalue weighted by Gasteiger charge is 2.36. The van der Waals surface area contributed by atoms with Crippen LogP contribution in [-0.4, -0.2) is 59.7 Å². The molecule has 1 aromatic heterocycles. The molecule has 2 N–H and O–H groups in total. The Morgan fingerprint density at radius 3 is 2.48 bits per heavy atom. The fourth-order valence-corrected chi connectivity index (χ4v) is 3.96. The maximum absolute atomic E-state index is 12.7. The second kappa shape index (κ2) is 8.72. The molecule has 1 atom stereocenters. The van der Waals surface area contributed by atoms with Crippen LogP contribution in [0.4, 0.5) is 0 Å². The number of nitrogens with one attached hydrogen (secondary N) is 1. The number of rotatable bonds is 9. The van der Waals surface area contributed by atoms with Gasteiger partial charge in [-0.25, -0.2) is 13.2 Å². The zero-order chi connectivity index (χ0) is 22.8. The molecule has 1 aliphatic rings. The van der Waals surface area contributed by atoms with Crippen LogP contribution in [0.3, 0.4) is 0 Å². The molecule has 1 aromatic carbocycles. The Kier molecular flexibility index (Phi) is 6.25. The van der Waals surface area contributed by atoms with E-state index >= 15 is 0 Å². The fraction of sp³-hybridized carbons (Fsp3) is 0.300. The monoisotopic (exact) mass is 448 g/mol. The third kappa shape index (κ3) is 4.82. The van der Waals surface area contributed by atoms with Gasteiger partial charge in [-0.2, -0.15) is 0 Å². The molecule has 3 amide bonds. The van der Waals surface area contributed by atoms with Gasteiger partial charge in [-0.1, -0.05) is 6.92 Å². The van der Waals surface area contributed by atoms with E-state index in [0.29, 0.717) is 5.76 Å². The number of carbonyl (C=O) groups is 4. The number of fused-ring (bicyclic) bond motifs is 1. The molecule has 0 fully saturated rings. The van der Waals surface area contributed by atoms with E-state index < -0.39 is 39.6 Å². The first-order valence-electron chi connectivity index (χ1n) is 9.39. The van der Waals surface area contributed by atoms with Gasteiger partial charge in [0.15, 0.2) is 0 Å². The van der Waals surface area contributed by atoms with Gasteiger partial charge in [0.05, 0.1) is 29.7 Å². The van der Waals surface area contributed by atoms with Gasteiger partial charge in [-0.05, 0) is 36.8 Å². The molecule has 1 aliphatic heterocycles. The van der Waals surface area contributed by atoms with Crippen molar-refractivity contribution in [1.82, 2.24) is 10.2 Å². The number of hydrogen-bond acceptors (Lipinski definition) is 7. The van der Waals surface area contributed by atoms with Crippen LogP contribution in [0.15, 0.2) is 41.0 Å². The molecule has 1 unspecified atom stereocenters. The van der Waals surface area contributed by atoms with Gasteiger partial charge < -0.3 is 14.8 Å². The van der Waals surface area contributed by atoms with Gasteiger partial charge >= 0.3 is 5.97 Å². The Morgan fingerprint density at radius 1 is 1.16 bits per heavy atom. The number of amides is 3. The average molecular weight is 448 g/mol. The lowest BCUT2D eigenvalue weighted by atomic mass is 10.0. The van der Waals surface area contributed by atoms with E-state index in [0.717, 1.165) is 4.90 Å². The number of hydrogen-bond donors (Lipinski definition) is 2. The molecular formula is C20H20N2O8S. The number of furan rings is 1. The summed E-state index contributed by atoms with van der Waals surface area (Å²) in [6, 6.07) is 5.67. The van der Waals surface area contributed by atoms with E-state index in [1.807, 2.05) is 0 Å². The van der Waals surface area contributed by atoms with E-state index in [1.165, 1.54) is 31.4 Å². The number of benzene rings is 1. The van der Waals surface area contributed by atoms with E-state index in [-0.39, 0.29) is 41.2 Å². The molecular weight excluding hydrogens is 428 g/mol. The molecule has 0 radical (unpaired) electrons. The highest BCUT2D eigenvalue weighted by molar-refractivity contribution is 7.91. The van der Waals surface area contributed by atoms with Crippen molar-refractivity contribution < 1.29 is 37.1 Å². The molecule has 0 saturated carbocycles. The topological polar surface area (TPSA) is 151 Å². The standard InChI is InChI=1S/C20H20N2O8S/c1-2-31(28,29)9-7-16(20(26)27)21-17(23)12-5-6-14-15(10-12)19(25)22(18(14)24)11-13-4-3-8-30-13/h3-6,8,10,16H,2,7,9,11H2,1H3,(H,21,23)(H,26,27). The van der Waals surface area contributed by atoms with E-state index in [1.54, 1.807) is 12.1 Å². The lowest BCUT2D eigenvalue weighted by molar-refractivity contribution is -0.139. The quantitative estimate of drug-likeness (QED) is 0.541.